The third-order valence-electron chi connectivity index (χ3n) is 2.71. The molecule has 0 aliphatic rings. The maximum atomic E-state index is 9.72. The van der Waals surface area contributed by atoms with Crippen molar-refractivity contribution in [1.29, 1.82) is 0 Å². The molecule has 0 saturated heterocycles. The maximum Gasteiger partial charge on any atom is 0.208 e. The molecule has 96 valence electrons. The van der Waals surface area contributed by atoms with Gasteiger partial charge in [-0.3, -0.25) is 0 Å². The molecule has 1 aromatic heterocycles. The van der Waals surface area contributed by atoms with Crippen molar-refractivity contribution >= 4 is 0 Å². The lowest BCUT2D eigenvalue weighted by molar-refractivity contribution is 0.416. The largest absolute Gasteiger partial charge is 0.508 e. The molecule has 0 spiro atoms. The Morgan fingerprint density at radius 2 is 2.17 bits per heavy atom. The van der Waals surface area contributed by atoms with Crippen LogP contribution in [0.3, 0.4) is 0 Å². The van der Waals surface area contributed by atoms with Crippen molar-refractivity contribution in [3.63, 3.8) is 0 Å². The molecule has 0 bridgehead atoms. The summed E-state index contributed by atoms with van der Waals surface area (Å²) in [6, 6.07) is 4.33. The summed E-state index contributed by atoms with van der Waals surface area (Å²) in [5.74, 6) is 1.64. The Kier molecular flexibility index (Phi) is 3.53. The van der Waals surface area contributed by atoms with Crippen LogP contribution < -0.4 is 5.32 Å². The van der Waals surface area contributed by atoms with Crippen LogP contribution in [0.4, 0.5) is 0 Å². The number of hydrogen-bond donors (Lipinski definition) is 3. The molecule has 1 heterocycles. The van der Waals surface area contributed by atoms with Gasteiger partial charge in [-0.05, 0) is 32.0 Å². The summed E-state index contributed by atoms with van der Waals surface area (Å²) < 4.78 is 5.34. The van der Waals surface area contributed by atoms with E-state index in [1.165, 1.54) is 18.2 Å². The maximum absolute atomic E-state index is 9.72. The molecular formula is C13H16N2O3. The van der Waals surface area contributed by atoms with E-state index in [0.717, 1.165) is 5.76 Å². The summed E-state index contributed by atoms with van der Waals surface area (Å²) in [4.78, 5) is 4.08. The van der Waals surface area contributed by atoms with Crippen molar-refractivity contribution < 1.29 is 14.6 Å². The van der Waals surface area contributed by atoms with E-state index in [1.807, 2.05) is 13.8 Å². The third kappa shape index (κ3) is 2.81. The number of aromatic hydroxyl groups is 2. The quantitative estimate of drug-likeness (QED) is 0.723. The molecule has 0 amide bonds. The first-order chi connectivity index (χ1) is 8.56. The van der Waals surface area contributed by atoms with E-state index in [-0.39, 0.29) is 17.5 Å². The Hall–Kier alpha value is -2.01. The standard InChI is InChI=1S/C13H16N2O3/c1-8-6-15-13(18-8)7-14-9(2)11-5-10(16)3-4-12(11)17/h3-6,9,14,16-17H,7H2,1-2H3. The fourth-order valence-corrected chi connectivity index (χ4v) is 1.72. The number of phenolic OH excluding ortho intramolecular Hbond substituents is 2. The van der Waals surface area contributed by atoms with Gasteiger partial charge in [0.1, 0.15) is 17.3 Å². The summed E-state index contributed by atoms with van der Waals surface area (Å²) in [5, 5.41) is 22.3. The first-order valence-electron chi connectivity index (χ1n) is 5.73. The van der Waals surface area contributed by atoms with Gasteiger partial charge < -0.3 is 19.9 Å². The van der Waals surface area contributed by atoms with Gasteiger partial charge in [-0.25, -0.2) is 4.98 Å². The number of oxazole rings is 1. The van der Waals surface area contributed by atoms with Gasteiger partial charge in [0.2, 0.25) is 5.89 Å². The Balaban J connectivity index is 2.03. The normalized spacial score (nSPS) is 12.6. The van der Waals surface area contributed by atoms with Crippen molar-refractivity contribution in [2.45, 2.75) is 26.4 Å². The molecule has 2 aromatic rings. The smallest absolute Gasteiger partial charge is 0.208 e. The number of hydrogen-bond acceptors (Lipinski definition) is 5. The molecular weight excluding hydrogens is 232 g/mol. The zero-order valence-electron chi connectivity index (χ0n) is 10.3. The van der Waals surface area contributed by atoms with Crippen LogP contribution in [0.25, 0.3) is 0 Å². The van der Waals surface area contributed by atoms with Crippen LogP contribution in [-0.2, 0) is 6.54 Å². The van der Waals surface area contributed by atoms with Crippen molar-refractivity contribution in [1.82, 2.24) is 10.3 Å². The van der Waals surface area contributed by atoms with Crippen LogP contribution in [0.5, 0.6) is 11.5 Å². The summed E-state index contributed by atoms with van der Waals surface area (Å²) in [5.41, 5.74) is 0.637. The second-order valence-corrected chi connectivity index (χ2v) is 4.21. The van der Waals surface area contributed by atoms with Gasteiger partial charge in [0.25, 0.3) is 0 Å². The lowest BCUT2D eigenvalue weighted by Crippen LogP contribution is -2.18. The van der Waals surface area contributed by atoms with Crippen LogP contribution in [0.2, 0.25) is 0 Å². The minimum Gasteiger partial charge on any atom is -0.508 e. The lowest BCUT2D eigenvalue weighted by atomic mass is 10.1. The number of aromatic nitrogens is 1. The molecule has 0 aliphatic carbocycles. The van der Waals surface area contributed by atoms with E-state index in [1.54, 1.807) is 6.20 Å². The molecule has 5 heteroatoms. The Bertz CT molecular complexity index is 537. The van der Waals surface area contributed by atoms with E-state index in [0.29, 0.717) is 18.0 Å². The highest BCUT2D eigenvalue weighted by atomic mass is 16.4. The van der Waals surface area contributed by atoms with E-state index in [4.69, 9.17) is 4.42 Å². The van der Waals surface area contributed by atoms with Gasteiger partial charge >= 0.3 is 0 Å². The Morgan fingerprint density at radius 3 is 2.83 bits per heavy atom. The zero-order valence-corrected chi connectivity index (χ0v) is 10.3. The topological polar surface area (TPSA) is 78.5 Å². The van der Waals surface area contributed by atoms with Gasteiger partial charge in [0.05, 0.1) is 12.7 Å². The van der Waals surface area contributed by atoms with Crippen LogP contribution in [0, 0.1) is 6.92 Å². The number of rotatable bonds is 4. The lowest BCUT2D eigenvalue weighted by Gasteiger charge is -2.14. The van der Waals surface area contributed by atoms with Crippen LogP contribution in [-0.4, -0.2) is 15.2 Å². The van der Waals surface area contributed by atoms with Gasteiger partial charge in [0, 0.05) is 11.6 Å². The Labute approximate surface area is 105 Å². The zero-order chi connectivity index (χ0) is 13.1. The molecule has 0 saturated carbocycles. The minimum absolute atomic E-state index is 0.121. The van der Waals surface area contributed by atoms with Gasteiger partial charge in [-0.1, -0.05) is 0 Å². The molecule has 1 aromatic carbocycles. The minimum atomic E-state index is -0.121. The number of phenols is 2. The average Bonchev–Trinajstić information content (AvgIpc) is 2.75. The van der Waals surface area contributed by atoms with Gasteiger partial charge in [-0.2, -0.15) is 0 Å². The summed E-state index contributed by atoms with van der Waals surface area (Å²) in [6.07, 6.45) is 1.66. The second-order valence-electron chi connectivity index (χ2n) is 4.21. The Morgan fingerprint density at radius 1 is 1.39 bits per heavy atom. The third-order valence-corrected chi connectivity index (χ3v) is 2.71. The van der Waals surface area contributed by atoms with Crippen molar-refractivity contribution in [3.05, 3.63) is 41.6 Å². The fraction of sp³-hybridized carbons (Fsp3) is 0.308. The molecule has 2 rings (SSSR count). The highest BCUT2D eigenvalue weighted by molar-refractivity contribution is 5.40. The first kappa shape index (κ1) is 12.4. The van der Waals surface area contributed by atoms with Crippen molar-refractivity contribution in [2.75, 3.05) is 0 Å². The second kappa shape index (κ2) is 5.10. The fourth-order valence-electron chi connectivity index (χ4n) is 1.72. The van der Waals surface area contributed by atoms with Crippen LogP contribution in [0.1, 0.15) is 30.2 Å². The molecule has 3 N–H and O–H groups in total. The summed E-state index contributed by atoms with van der Waals surface area (Å²) in [6.45, 7) is 4.19. The van der Waals surface area contributed by atoms with E-state index in [2.05, 4.69) is 10.3 Å². The van der Waals surface area contributed by atoms with Crippen LogP contribution >= 0.6 is 0 Å². The molecule has 18 heavy (non-hydrogen) atoms. The average molecular weight is 248 g/mol. The highest BCUT2D eigenvalue weighted by Gasteiger charge is 2.12. The van der Waals surface area contributed by atoms with E-state index >= 15 is 0 Å². The molecule has 1 atom stereocenters. The molecule has 0 radical (unpaired) electrons. The number of benzene rings is 1. The predicted octanol–water partition coefficient (Wildman–Crippen LogP) is 2.25. The number of nitrogens with zero attached hydrogens (tertiary/aromatic N) is 1. The van der Waals surface area contributed by atoms with Gasteiger partial charge in [-0.15, -0.1) is 0 Å². The van der Waals surface area contributed by atoms with Crippen molar-refractivity contribution in [2.24, 2.45) is 0 Å². The molecule has 1 unspecified atom stereocenters. The molecule has 0 aliphatic heterocycles. The highest BCUT2D eigenvalue weighted by Crippen LogP contribution is 2.27. The molecule has 5 nitrogen and oxygen atoms in total. The van der Waals surface area contributed by atoms with Crippen LogP contribution in [0.15, 0.2) is 28.8 Å². The predicted molar refractivity (Wildman–Crippen MR) is 66.3 cm³/mol. The number of aryl methyl sites for hydroxylation is 1. The van der Waals surface area contributed by atoms with Gasteiger partial charge in [0.15, 0.2) is 0 Å². The SMILES string of the molecule is Cc1cnc(CNC(C)c2cc(O)ccc2O)o1. The monoisotopic (exact) mass is 248 g/mol. The summed E-state index contributed by atoms with van der Waals surface area (Å²) >= 11 is 0. The summed E-state index contributed by atoms with van der Waals surface area (Å²) in [7, 11) is 0. The van der Waals surface area contributed by atoms with E-state index in [9.17, 15) is 10.2 Å². The first-order valence-corrected chi connectivity index (χ1v) is 5.73. The van der Waals surface area contributed by atoms with Crippen molar-refractivity contribution in [3.8, 4) is 11.5 Å². The van der Waals surface area contributed by atoms with E-state index < -0.39 is 0 Å². The number of nitrogens with one attached hydrogen (secondary N) is 1. The molecule has 0 fully saturated rings.